The second-order valence-electron chi connectivity index (χ2n) is 4.09. The molecule has 72 valence electrons. The number of fused-ring (bicyclic) bond motifs is 2. The second-order valence-corrected chi connectivity index (χ2v) is 4.09. The van der Waals surface area contributed by atoms with Gasteiger partial charge in [0.2, 0.25) is 5.91 Å². The molecule has 3 nitrogen and oxygen atoms in total. The molecule has 2 aliphatic rings. The number of amides is 1. The van der Waals surface area contributed by atoms with Crippen LogP contribution in [0.15, 0.2) is 12.2 Å². The Balaban J connectivity index is 2.32. The maximum Gasteiger partial charge on any atom is 0.229 e. The molecule has 0 saturated carbocycles. The lowest BCUT2D eigenvalue weighted by Gasteiger charge is -2.27. The molecule has 1 heterocycles. The van der Waals surface area contributed by atoms with E-state index in [0.717, 1.165) is 0 Å². The summed E-state index contributed by atoms with van der Waals surface area (Å²) < 4.78 is 0. The molecule has 1 aliphatic carbocycles. The van der Waals surface area contributed by atoms with Gasteiger partial charge in [-0.2, -0.15) is 0 Å². The number of rotatable bonds is 1. The number of aliphatic hydroxyl groups is 1. The lowest BCUT2D eigenvalue weighted by atomic mass is 9.93. The van der Waals surface area contributed by atoms with Gasteiger partial charge in [0, 0.05) is 6.04 Å². The van der Waals surface area contributed by atoms with Gasteiger partial charge in [0.25, 0.3) is 0 Å². The van der Waals surface area contributed by atoms with Gasteiger partial charge in [0.1, 0.15) is 0 Å². The Kier molecular flexibility index (Phi) is 1.91. The molecular formula is C10H15NO2. The van der Waals surface area contributed by atoms with E-state index in [9.17, 15) is 9.90 Å². The average Bonchev–Trinajstić information content (AvgIpc) is 2.24. The van der Waals surface area contributed by atoms with Crippen molar-refractivity contribution in [1.82, 2.24) is 4.90 Å². The number of allylic oxidation sites excluding steroid dienone is 1. The van der Waals surface area contributed by atoms with E-state index in [2.05, 4.69) is 0 Å². The molecule has 0 unspecified atom stereocenters. The molecule has 3 atom stereocenters. The van der Waals surface area contributed by atoms with E-state index in [-0.39, 0.29) is 23.9 Å². The minimum atomic E-state index is -0.486. The fourth-order valence-electron chi connectivity index (χ4n) is 2.30. The van der Waals surface area contributed by atoms with Crippen LogP contribution in [-0.4, -0.2) is 34.1 Å². The van der Waals surface area contributed by atoms with Crippen molar-refractivity contribution in [2.24, 2.45) is 5.92 Å². The first-order valence-corrected chi connectivity index (χ1v) is 4.80. The molecule has 0 aromatic carbocycles. The van der Waals surface area contributed by atoms with Crippen LogP contribution in [0.5, 0.6) is 0 Å². The molecule has 0 spiro atoms. The fourth-order valence-corrected chi connectivity index (χ4v) is 2.30. The number of carbonyl (C=O) groups excluding carboxylic acids is 1. The number of likely N-dealkylation sites (tertiary alicyclic amines) is 1. The lowest BCUT2D eigenvalue weighted by molar-refractivity contribution is -0.133. The van der Waals surface area contributed by atoms with Crippen LogP contribution in [-0.2, 0) is 4.79 Å². The number of hydrogen-bond acceptors (Lipinski definition) is 2. The summed E-state index contributed by atoms with van der Waals surface area (Å²) in [6.07, 6.45) is 4.16. The van der Waals surface area contributed by atoms with Gasteiger partial charge in [-0.05, 0) is 20.3 Å². The minimum Gasteiger partial charge on any atom is -0.390 e. The van der Waals surface area contributed by atoms with Crippen LogP contribution < -0.4 is 0 Å². The first kappa shape index (κ1) is 8.75. The van der Waals surface area contributed by atoms with Crippen LogP contribution in [0.3, 0.4) is 0 Å². The minimum absolute atomic E-state index is 0.0775. The Morgan fingerprint density at radius 3 is 2.85 bits per heavy atom. The molecule has 0 radical (unpaired) electrons. The molecule has 1 saturated heterocycles. The summed E-state index contributed by atoms with van der Waals surface area (Å²) in [4.78, 5) is 13.6. The van der Waals surface area contributed by atoms with Gasteiger partial charge in [0.05, 0.1) is 18.1 Å². The molecule has 13 heavy (non-hydrogen) atoms. The van der Waals surface area contributed by atoms with Crippen molar-refractivity contribution in [1.29, 1.82) is 0 Å². The van der Waals surface area contributed by atoms with Crippen LogP contribution in [0.1, 0.15) is 20.3 Å². The molecule has 2 rings (SSSR count). The van der Waals surface area contributed by atoms with E-state index in [1.807, 2.05) is 26.0 Å². The van der Waals surface area contributed by atoms with Crippen molar-refractivity contribution >= 4 is 5.91 Å². The summed E-state index contributed by atoms with van der Waals surface area (Å²) in [6.45, 7) is 3.97. The van der Waals surface area contributed by atoms with E-state index < -0.39 is 6.10 Å². The first-order valence-electron chi connectivity index (χ1n) is 4.80. The normalized spacial score (nSPS) is 37.7. The zero-order chi connectivity index (χ0) is 9.59. The van der Waals surface area contributed by atoms with E-state index in [1.165, 1.54) is 0 Å². The van der Waals surface area contributed by atoms with Crippen molar-refractivity contribution in [2.75, 3.05) is 0 Å². The van der Waals surface area contributed by atoms with Gasteiger partial charge in [-0.1, -0.05) is 12.2 Å². The van der Waals surface area contributed by atoms with E-state index in [0.29, 0.717) is 6.42 Å². The van der Waals surface area contributed by atoms with E-state index in [1.54, 1.807) is 4.90 Å². The quantitative estimate of drug-likeness (QED) is 0.600. The Labute approximate surface area is 78.0 Å². The molecule has 1 N–H and O–H groups in total. The van der Waals surface area contributed by atoms with Gasteiger partial charge in [-0.25, -0.2) is 0 Å². The number of hydrogen-bond donors (Lipinski definition) is 1. The van der Waals surface area contributed by atoms with Crippen LogP contribution in [0.2, 0.25) is 0 Å². The summed E-state index contributed by atoms with van der Waals surface area (Å²) in [5.41, 5.74) is 0. The topological polar surface area (TPSA) is 40.5 Å². The zero-order valence-electron chi connectivity index (χ0n) is 7.97. The van der Waals surface area contributed by atoms with E-state index >= 15 is 0 Å². The molecule has 1 aliphatic heterocycles. The van der Waals surface area contributed by atoms with Gasteiger partial charge >= 0.3 is 0 Å². The Morgan fingerprint density at radius 1 is 1.62 bits per heavy atom. The summed E-state index contributed by atoms with van der Waals surface area (Å²) in [5.74, 6) is -0.0742. The third-order valence-electron chi connectivity index (χ3n) is 2.93. The smallest absolute Gasteiger partial charge is 0.229 e. The third-order valence-corrected chi connectivity index (χ3v) is 2.93. The fraction of sp³-hybridized carbons (Fsp3) is 0.700. The molecule has 1 fully saturated rings. The highest BCUT2D eigenvalue weighted by molar-refractivity contribution is 5.84. The summed E-state index contributed by atoms with van der Waals surface area (Å²) in [7, 11) is 0. The second kappa shape index (κ2) is 2.84. The first-order chi connectivity index (χ1) is 6.13. The van der Waals surface area contributed by atoms with Crippen molar-refractivity contribution in [3.63, 3.8) is 0 Å². The van der Waals surface area contributed by atoms with Crippen LogP contribution in [0.4, 0.5) is 0 Å². The van der Waals surface area contributed by atoms with Crippen molar-refractivity contribution in [3.05, 3.63) is 12.2 Å². The Morgan fingerprint density at radius 2 is 2.31 bits per heavy atom. The molecular weight excluding hydrogens is 166 g/mol. The van der Waals surface area contributed by atoms with Crippen LogP contribution in [0, 0.1) is 5.92 Å². The SMILES string of the molecule is CC(C)N1C(=O)[C@H]2CC=C[C@@H]1[C@H]2O. The maximum absolute atomic E-state index is 11.8. The van der Waals surface area contributed by atoms with Crippen LogP contribution >= 0.6 is 0 Å². The molecule has 1 amide bonds. The lowest BCUT2D eigenvalue weighted by Crippen LogP contribution is -2.40. The number of nitrogens with zero attached hydrogens (tertiary/aromatic N) is 1. The highest BCUT2D eigenvalue weighted by Crippen LogP contribution is 2.34. The molecule has 2 bridgehead atoms. The molecule has 0 aromatic heterocycles. The van der Waals surface area contributed by atoms with Crippen LogP contribution in [0.25, 0.3) is 0 Å². The standard InChI is InChI=1S/C10H15NO2/c1-6(2)11-8-5-3-4-7(9(8)12)10(11)13/h3,5-9,12H,4H2,1-2H3/t7-,8+,9-/m0/s1. The van der Waals surface area contributed by atoms with Gasteiger partial charge < -0.3 is 10.0 Å². The summed E-state index contributed by atoms with van der Waals surface area (Å²) in [6, 6.07) is 0.103. The zero-order valence-corrected chi connectivity index (χ0v) is 7.97. The van der Waals surface area contributed by atoms with Crippen molar-refractivity contribution in [3.8, 4) is 0 Å². The summed E-state index contributed by atoms with van der Waals surface area (Å²) >= 11 is 0. The Hall–Kier alpha value is -0.830. The summed E-state index contributed by atoms with van der Waals surface area (Å²) in [5, 5.41) is 9.78. The van der Waals surface area contributed by atoms with Crippen molar-refractivity contribution in [2.45, 2.75) is 38.5 Å². The predicted octanol–water partition coefficient (Wildman–Crippen LogP) is 0.543. The highest BCUT2D eigenvalue weighted by Gasteiger charge is 2.47. The van der Waals surface area contributed by atoms with E-state index in [4.69, 9.17) is 0 Å². The average molecular weight is 181 g/mol. The largest absolute Gasteiger partial charge is 0.390 e. The third kappa shape index (κ3) is 1.10. The number of aliphatic hydroxyl groups excluding tert-OH is 1. The highest BCUT2D eigenvalue weighted by atomic mass is 16.3. The monoisotopic (exact) mass is 181 g/mol. The van der Waals surface area contributed by atoms with Gasteiger partial charge in [0.15, 0.2) is 0 Å². The van der Waals surface area contributed by atoms with Gasteiger partial charge in [-0.15, -0.1) is 0 Å². The van der Waals surface area contributed by atoms with Gasteiger partial charge in [-0.3, -0.25) is 4.79 Å². The number of carbonyl (C=O) groups is 1. The maximum atomic E-state index is 11.8. The molecule has 0 aromatic rings. The predicted molar refractivity (Wildman–Crippen MR) is 49.0 cm³/mol. The molecule has 3 heteroatoms. The Bertz CT molecular complexity index is 260. The van der Waals surface area contributed by atoms with Crippen molar-refractivity contribution < 1.29 is 9.90 Å².